The minimum Gasteiger partial charge on any atom is -0.489 e. The molecule has 9 nitrogen and oxygen atoms in total. The van der Waals surface area contributed by atoms with E-state index in [1.165, 1.54) is 0 Å². The van der Waals surface area contributed by atoms with Gasteiger partial charge < -0.3 is 45.0 Å². The van der Waals surface area contributed by atoms with Gasteiger partial charge in [-0.15, -0.1) is 0 Å². The van der Waals surface area contributed by atoms with Crippen molar-refractivity contribution >= 4 is 46.0 Å². The lowest BCUT2D eigenvalue weighted by molar-refractivity contribution is 0.0275. The monoisotopic (exact) mass is 520 g/mol. The molecule has 0 bridgehead atoms. The Morgan fingerprint density at radius 2 is 0.914 bits per heavy atom. The van der Waals surface area contributed by atoms with Crippen LogP contribution >= 0.6 is 24.4 Å². The van der Waals surface area contributed by atoms with Gasteiger partial charge in [0.05, 0.1) is 51.0 Å². The number of hydrogen-bond acceptors (Lipinski definition) is 7. The first-order valence-corrected chi connectivity index (χ1v) is 12.3. The van der Waals surface area contributed by atoms with Crippen LogP contribution in [0.1, 0.15) is 0 Å². The molecule has 0 atom stereocenters. The molecule has 190 valence electrons. The topological polar surface area (TPSA) is 94.3 Å². The molecule has 4 N–H and O–H groups in total. The maximum Gasteiger partial charge on any atom is 0.170 e. The standard InChI is InChI=1S/C24H32N4O5S2/c34-23-25-9-11-29-12-10-26-24(35)28-20-6-2-4-8-22(20)33-18-16-31-14-13-30-15-17-32-21-7-3-1-5-19(21)27-23/h1-8H,9-18H2,(H2,25,27,34)(H2,26,28,35). The Hall–Kier alpha value is -2.70. The summed E-state index contributed by atoms with van der Waals surface area (Å²) in [6.45, 7) is 4.79. The van der Waals surface area contributed by atoms with E-state index in [-0.39, 0.29) is 0 Å². The van der Waals surface area contributed by atoms with Crippen molar-refractivity contribution in [1.82, 2.24) is 10.6 Å². The second-order valence-electron chi connectivity index (χ2n) is 7.29. The third-order valence-corrected chi connectivity index (χ3v) is 5.17. The largest absolute Gasteiger partial charge is 0.489 e. The first-order chi connectivity index (χ1) is 17.2. The molecular formula is C24H32N4O5S2. The van der Waals surface area contributed by atoms with Crippen molar-refractivity contribution in [1.29, 1.82) is 0 Å². The van der Waals surface area contributed by atoms with E-state index in [0.29, 0.717) is 87.7 Å². The smallest absolute Gasteiger partial charge is 0.170 e. The number of nitrogens with one attached hydrogen (secondary N) is 4. The molecule has 1 aliphatic rings. The lowest BCUT2D eigenvalue weighted by Gasteiger charge is -2.15. The fourth-order valence-electron chi connectivity index (χ4n) is 3.04. The van der Waals surface area contributed by atoms with E-state index in [2.05, 4.69) is 21.3 Å². The van der Waals surface area contributed by atoms with Crippen molar-refractivity contribution in [3.63, 3.8) is 0 Å². The van der Waals surface area contributed by atoms with Gasteiger partial charge in [-0.2, -0.15) is 0 Å². The Bertz CT molecular complexity index is 861. The summed E-state index contributed by atoms with van der Waals surface area (Å²) in [6.07, 6.45) is 0. The fourth-order valence-corrected chi connectivity index (χ4v) is 3.47. The van der Waals surface area contributed by atoms with Crippen LogP contribution in [0, 0.1) is 0 Å². The summed E-state index contributed by atoms with van der Waals surface area (Å²) in [5.74, 6) is 1.40. The fraction of sp³-hybridized carbons (Fsp3) is 0.417. The normalized spacial score (nSPS) is 17.7. The number of thiocarbonyl (C=S) groups is 2. The number of benzene rings is 2. The maximum absolute atomic E-state index is 5.84. The van der Waals surface area contributed by atoms with Crippen LogP contribution in [0.15, 0.2) is 48.5 Å². The molecule has 3 rings (SSSR count). The first-order valence-electron chi connectivity index (χ1n) is 11.5. The molecule has 0 saturated heterocycles. The summed E-state index contributed by atoms with van der Waals surface area (Å²) in [5, 5.41) is 13.6. The number of rotatable bonds is 0. The molecule has 0 aliphatic carbocycles. The van der Waals surface area contributed by atoms with Crippen LogP contribution in [-0.4, -0.2) is 76.2 Å². The van der Waals surface area contributed by atoms with Crippen molar-refractivity contribution < 1.29 is 23.7 Å². The number of para-hydroxylation sites is 4. The van der Waals surface area contributed by atoms with Crippen LogP contribution in [0.2, 0.25) is 0 Å². The summed E-state index contributed by atoms with van der Waals surface area (Å²) < 4.78 is 28.5. The molecule has 0 aromatic heterocycles. The Kier molecular flexibility index (Phi) is 12.3. The molecule has 0 saturated carbocycles. The second kappa shape index (κ2) is 16.1. The molecule has 2 aromatic carbocycles. The Morgan fingerprint density at radius 3 is 1.40 bits per heavy atom. The molecule has 0 radical (unpaired) electrons. The molecule has 1 heterocycles. The van der Waals surface area contributed by atoms with Gasteiger partial charge in [-0.1, -0.05) is 24.3 Å². The van der Waals surface area contributed by atoms with E-state index >= 15 is 0 Å². The van der Waals surface area contributed by atoms with Crippen molar-refractivity contribution in [3.8, 4) is 11.5 Å². The van der Waals surface area contributed by atoms with E-state index in [1.54, 1.807) is 0 Å². The van der Waals surface area contributed by atoms with Crippen LogP contribution in [-0.2, 0) is 14.2 Å². The highest BCUT2D eigenvalue weighted by atomic mass is 32.1. The predicted molar refractivity (Wildman–Crippen MR) is 145 cm³/mol. The van der Waals surface area contributed by atoms with Crippen molar-refractivity contribution in [2.24, 2.45) is 0 Å². The Morgan fingerprint density at radius 1 is 0.514 bits per heavy atom. The van der Waals surface area contributed by atoms with Gasteiger partial charge in [-0.05, 0) is 48.7 Å². The quantitative estimate of drug-likeness (QED) is 0.386. The zero-order valence-electron chi connectivity index (χ0n) is 19.5. The summed E-state index contributed by atoms with van der Waals surface area (Å²) in [7, 11) is 0. The van der Waals surface area contributed by atoms with Crippen LogP contribution in [0.4, 0.5) is 11.4 Å². The van der Waals surface area contributed by atoms with Crippen molar-refractivity contribution in [3.05, 3.63) is 48.5 Å². The van der Waals surface area contributed by atoms with Gasteiger partial charge in [-0.3, -0.25) is 0 Å². The zero-order valence-corrected chi connectivity index (χ0v) is 21.2. The lowest BCUT2D eigenvalue weighted by atomic mass is 10.3. The predicted octanol–water partition coefficient (Wildman–Crippen LogP) is 2.78. The van der Waals surface area contributed by atoms with E-state index in [0.717, 1.165) is 11.4 Å². The average molecular weight is 521 g/mol. The van der Waals surface area contributed by atoms with Crippen LogP contribution in [0.3, 0.4) is 0 Å². The minimum atomic E-state index is 0.412. The first kappa shape index (κ1) is 26.9. The summed E-state index contributed by atoms with van der Waals surface area (Å²) in [6, 6.07) is 15.2. The van der Waals surface area contributed by atoms with E-state index < -0.39 is 0 Å². The van der Waals surface area contributed by atoms with Crippen LogP contribution in [0.5, 0.6) is 11.5 Å². The SMILES string of the molecule is S=C1NCCOCCNC(=S)Nc2ccccc2OCCOCCOCCOc2ccccc2N1. The minimum absolute atomic E-state index is 0.412. The van der Waals surface area contributed by atoms with Crippen LogP contribution in [0.25, 0.3) is 0 Å². The number of ether oxygens (including phenoxy) is 5. The van der Waals surface area contributed by atoms with Gasteiger partial charge in [0.2, 0.25) is 0 Å². The molecule has 0 amide bonds. The van der Waals surface area contributed by atoms with Crippen molar-refractivity contribution in [2.75, 3.05) is 76.6 Å². The number of anilines is 2. The summed E-state index contributed by atoms with van der Waals surface area (Å²) >= 11 is 10.8. The van der Waals surface area contributed by atoms with Crippen LogP contribution < -0.4 is 30.7 Å². The summed E-state index contributed by atoms with van der Waals surface area (Å²) in [4.78, 5) is 0. The molecule has 2 aromatic rings. The van der Waals surface area contributed by atoms with E-state index in [1.807, 2.05) is 48.5 Å². The zero-order chi connectivity index (χ0) is 24.6. The molecular weight excluding hydrogens is 488 g/mol. The van der Waals surface area contributed by atoms with Gasteiger partial charge in [0.15, 0.2) is 10.2 Å². The van der Waals surface area contributed by atoms with E-state index in [9.17, 15) is 0 Å². The van der Waals surface area contributed by atoms with Gasteiger partial charge in [0.25, 0.3) is 0 Å². The van der Waals surface area contributed by atoms with Crippen molar-refractivity contribution in [2.45, 2.75) is 0 Å². The Balaban J connectivity index is 1.50. The van der Waals surface area contributed by atoms with Gasteiger partial charge >= 0.3 is 0 Å². The highest BCUT2D eigenvalue weighted by Gasteiger charge is 2.07. The highest BCUT2D eigenvalue weighted by Crippen LogP contribution is 2.24. The molecule has 1 aliphatic heterocycles. The Labute approximate surface area is 216 Å². The highest BCUT2D eigenvalue weighted by molar-refractivity contribution is 7.80. The van der Waals surface area contributed by atoms with Gasteiger partial charge in [-0.25, -0.2) is 0 Å². The van der Waals surface area contributed by atoms with E-state index in [4.69, 9.17) is 48.1 Å². The number of hydrogen-bond donors (Lipinski definition) is 4. The molecule has 35 heavy (non-hydrogen) atoms. The average Bonchev–Trinajstić information content (AvgIpc) is 2.86. The van der Waals surface area contributed by atoms with Gasteiger partial charge in [0.1, 0.15) is 24.7 Å². The third kappa shape index (κ3) is 10.6. The van der Waals surface area contributed by atoms with Gasteiger partial charge in [0, 0.05) is 13.1 Å². The molecule has 11 heteroatoms. The molecule has 0 spiro atoms. The third-order valence-electron chi connectivity index (χ3n) is 4.68. The maximum atomic E-state index is 5.84. The molecule has 0 unspecified atom stereocenters. The lowest BCUT2D eigenvalue weighted by Crippen LogP contribution is -2.33. The summed E-state index contributed by atoms with van der Waals surface area (Å²) in [5.41, 5.74) is 1.57. The number of fused-ring (bicyclic) bond motifs is 2. The molecule has 0 fully saturated rings. The second-order valence-corrected chi connectivity index (χ2v) is 8.10.